The average Bonchev–Trinajstić information content (AvgIpc) is 3.24. The predicted molar refractivity (Wildman–Crippen MR) is 95.0 cm³/mol. The van der Waals surface area contributed by atoms with Crippen molar-refractivity contribution in [3.05, 3.63) is 24.2 Å². The van der Waals surface area contributed by atoms with Crippen molar-refractivity contribution in [1.82, 2.24) is 0 Å². The van der Waals surface area contributed by atoms with Crippen LogP contribution in [0.25, 0.3) is 0 Å². The summed E-state index contributed by atoms with van der Waals surface area (Å²) in [5.74, 6) is -2.57. The standard InChI is InChI=1S/C21H24O8/c1-19-9-14(11-3-6-27-10-11)29-18(24)21(19,25)5-4-20-13(16(22)26-2)7-12(8-15(19)20)28-17(20)23/h3,6,10,12-15,25H,4-5,7-9H2,1-2H3/t12-,13-,14+,15+,19+,20+,21-/m1/s1. The van der Waals surface area contributed by atoms with E-state index >= 15 is 0 Å². The number of cyclic esters (lactones) is 1. The summed E-state index contributed by atoms with van der Waals surface area (Å²) < 4.78 is 21.3. The Balaban J connectivity index is 1.62. The highest BCUT2D eigenvalue weighted by molar-refractivity contribution is 5.90. The lowest BCUT2D eigenvalue weighted by molar-refractivity contribution is -0.280. The number of carbonyl (C=O) groups is 3. The number of methoxy groups -OCH3 is 1. The van der Waals surface area contributed by atoms with Gasteiger partial charge in [0.05, 0.1) is 31.0 Å². The highest BCUT2D eigenvalue weighted by Gasteiger charge is 2.76. The van der Waals surface area contributed by atoms with Crippen LogP contribution in [-0.4, -0.2) is 41.8 Å². The van der Waals surface area contributed by atoms with Crippen LogP contribution in [0, 0.1) is 22.7 Å². The normalized spacial score (nSPS) is 45.6. The lowest BCUT2D eigenvalue weighted by Gasteiger charge is -2.66. The van der Waals surface area contributed by atoms with E-state index in [0.29, 0.717) is 24.8 Å². The maximum Gasteiger partial charge on any atom is 0.339 e. The molecule has 3 saturated heterocycles. The van der Waals surface area contributed by atoms with Gasteiger partial charge in [-0.2, -0.15) is 0 Å². The summed E-state index contributed by atoms with van der Waals surface area (Å²) in [5.41, 5.74) is -3.08. The molecule has 0 aromatic carbocycles. The van der Waals surface area contributed by atoms with Gasteiger partial charge in [-0.05, 0) is 44.1 Å². The van der Waals surface area contributed by atoms with Crippen molar-refractivity contribution in [2.45, 2.75) is 56.8 Å². The van der Waals surface area contributed by atoms with Gasteiger partial charge in [0.1, 0.15) is 12.2 Å². The second-order valence-electron chi connectivity index (χ2n) is 9.10. The van der Waals surface area contributed by atoms with E-state index in [9.17, 15) is 19.5 Å². The van der Waals surface area contributed by atoms with Gasteiger partial charge in [0.2, 0.25) is 0 Å². The van der Waals surface area contributed by atoms with Gasteiger partial charge in [-0.15, -0.1) is 0 Å². The molecule has 6 rings (SSSR count). The molecule has 2 saturated carbocycles. The quantitative estimate of drug-likeness (QED) is 0.588. The van der Waals surface area contributed by atoms with Crippen LogP contribution < -0.4 is 0 Å². The molecule has 0 unspecified atom stereocenters. The van der Waals surface area contributed by atoms with Crippen molar-refractivity contribution >= 4 is 17.9 Å². The molecule has 29 heavy (non-hydrogen) atoms. The van der Waals surface area contributed by atoms with Crippen molar-refractivity contribution in [3.63, 3.8) is 0 Å². The van der Waals surface area contributed by atoms with Crippen molar-refractivity contribution in [1.29, 1.82) is 0 Å². The topological polar surface area (TPSA) is 112 Å². The lowest BCUT2D eigenvalue weighted by Crippen LogP contribution is -2.73. The van der Waals surface area contributed by atoms with Crippen LogP contribution in [-0.2, 0) is 28.6 Å². The van der Waals surface area contributed by atoms with Gasteiger partial charge in [0, 0.05) is 11.0 Å². The Hall–Kier alpha value is -2.35. The minimum Gasteiger partial charge on any atom is -0.472 e. The maximum absolute atomic E-state index is 13.1. The third-order valence-corrected chi connectivity index (χ3v) is 8.11. The Kier molecular flexibility index (Phi) is 3.76. The van der Waals surface area contributed by atoms with Gasteiger partial charge < -0.3 is 23.7 Å². The summed E-state index contributed by atoms with van der Waals surface area (Å²) in [4.78, 5) is 38.7. The van der Waals surface area contributed by atoms with Gasteiger partial charge >= 0.3 is 17.9 Å². The first kappa shape index (κ1) is 18.7. The highest BCUT2D eigenvalue weighted by Crippen LogP contribution is 2.69. The highest BCUT2D eigenvalue weighted by atomic mass is 16.6. The number of rotatable bonds is 2. The largest absolute Gasteiger partial charge is 0.472 e. The molecule has 2 bridgehead atoms. The molecular formula is C21H24O8. The number of ether oxygens (including phenoxy) is 3. The van der Waals surface area contributed by atoms with Crippen LogP contribution in [0.5, 0.6) is 0 Å². The van der Waals surface area contributed by atoms with Gasteiger partial charge in [0.25, 0.3) is 0 Å². The first-order valence-electron chi connectivity index (χ1n) is 10.0. The smallest absolute Gasteiger partial charge is 0.339 e. The van der Waals surface area contributed by atoms with Crippen LogP contribution in [0.4, 0.5) is 0 Å². The minimum absolute atomic E-state index is 0.0319. The number of fused-ring (bicyclic) bond motifs is 3. The second kappa shape index (κ2) is 5.84. The predicted octanol–water partition coefficient (Wildman–Crippen LogP) is 1.91. The zero-order valence-electron chi connectivity index (χ0n) is 16.4. The van der Waals surface area contributed by atoms with Crippen LogP contribution in [0.15, 0.2) is 23.0 Å². The number of aliphatic hydroxyl groups is 1. The van der Waals surface area contributed by atoms with Crippen molar-refractivity contribution in [2.75, 3.05) is 7.11 Å². The molecule has 8 heteroatoms. The lowest BCUT2D eigenvalue weighted by atomic mass is 9.40. The molecule has 1 aromatic rings. The molecule has 7 atom stereocenters. The number of carbonyl (C=O) groups excluding carboxylic acids is 3. The molecule has 1 spiro atoms. The molecule has 1 aromatic heterocycles. The fourth-order valence-corrected chi connectivity index (χ4v) is 6.56. The van der Waals surface area contributed by atoms with E-state index < -0.39 is 58.4 Å². The van der Waals surface area contributed by atoms with Gasteiger partial charge in [-0.3, -0.25) is 9.59 Å². The zero-order chi connectivity index (χ0) is 20.6. The maximum atomic E-state index is 13.1. The Morgan fingerprint density at radius 2 is 2.00 bits per heavy atom. The summed E-state index contributed by atoms with van der Waals surface area (Å²) >= 11 is 0. The molecule has 2 aliphatic carbocycles. The summed E-state index contributed by atoms with van der Waals surface area (Å²) in [6.45, 7) is 1.84. The first-order chi connectivity index (χ1) is 13.8. The van der Waals surface area contributed by atoms with E-state index in [1.165, 1.54) is 19.6 Å². The summed E-state index contributed by atoms with van der Waals surface area (Å²) in [6, 6.07) is 1.73. The number of esters is 3. The summed E-state index contributed by atoms with van der Waals surface area (Å²) in [5, 5.41) is 11.5. The molecule has 5 aliphatic rings. The van der Waals surface area contributed by atoms with E-state index in [4.69, 9.17) is 18.6 Å². The Morgan fingerprint density at radius 1 is 1.21 bits per heavy atom. The van der Waals surface area contributed by atoms with Crippen molar-refractivity contribution in [2.24, 2.45) is 22.7 Å². The molecular weight excluding hydrogens is 380 g/mol. The first-order valence-corrected chi connectivity index (χ1v) is 10.0. The fourth-order valence-electron chi connectivity index (χ4n) is 6.56. The SMILES string of the molecule is COC(=O)[C@H]1C[C@@H]2C[C@@H]3[C@@]1(CC[C@@]1(O)C(=O)O[C@H](c4ccoc4)C[C@@]31C)C(=O)O2. The molecule has 5 fully saturated rings. The molecule has 8 nitrogen and oxygen atoms in total. The van der Waals surface area contributed by atoms with E-state index in [2.05, 4.69) is 0 Å². The molecule has 4 heterocycles. The Bertz CT molecular complexity index is 877. The number of hydrogen-bond donors (Lipinski definition) is 1. The third-order valence-electron chi connectivity index (χ3n) is 8.11. The molecule has 3 aliphatic heterocycles. The molecule has 0 radical (unpaired) electrons. The molecule has 0 amide bonds. The zero-order valence-corrected chi connectivity index (χ0v) is 16.4. The number of hydrogen-bond acceptors (Lipinski definition) is 8. The van der Waals surface area contributed by atoms with Crippen molar-refractivity contribution in [3.8, 4) is 0 Å². The van der Waals surface area contributed by atoms with E-state index in [-0.39, 0.29) is 12.8 Å². The summed E-state index contributed by atoms with van der Waals surface area (Å²) in [6.07, 6.45) is 3.46. The fraction of sp³-hybridized carbons (Fsp3) is 0.667. The van der Waals surface area contributed by atoms with Gasteiger partial charge in [-0.1, -0.05) is 6.92 Å². The van der Waals surface area contributed by atoms with Crippen LogP contribution in [0.1, 0.15) is 50.7 Å². The summed E-state index contributed by atoms with van der Waals surface area (Å²) in [7, 11) is 1.31. The van der Waals surface area contributed by atoms with Gasteiger partial charge in [0.15, 0.2) is 5.60 Å². The molecule has 1 N–H and O–H groups in total. The van der Waals surface area contributed by atoms with Crippen molar-refractivity contribution < 1.29 is 38.1 Å². The Labute approximate surface area is 167 Å². The number of furan rings is 1. The van der Waals surface area contributed by atoms with Gasteiger partial charge in [-0.25, -0.2) is 4.79 Å². The third kappa shape index (κ3) is 2.15. The second-order valence-corrected chi connectivity index (χ2v) is 9.10. The van der Waals surface area contributed by atoms with Crippen LogP contribution in [0.2, 0.25) is 0 Å². The Morgan fingerprint density at radius 3 is 2.69 bits per heavy atom. The monoisotopic (exact) mass is 404 g/mol. The van der Waals surface area contributed by atoms with Crippen LogP contribution in [0.3, 0.4) is 0 Å². The van der Waals surface area contributed by atoms with Crippen LogP contribution >= 0.6 is 0 Å². The minimum atomic E-state index is -1.72. The van der Waals surface area contributed by atoms with E-state index in [0.717, 1.165) is 0 Å². The van der Waals surface area contributed by atoms with E-state index in [1.54, 1.807) is 6.07 Å². The van der Waals surface area contributed by atoms with E-state index in [1.807, 2.05) is 6.92 Å². The molecule has 156 valence electrons. The average molecular weight is 404 g/mol.